The van der Waals surface area contributed by atoms with Crippen LogP contribution in [0, 0.1) is 5.92 Å². The molecule has 2 fully saturated rings. The third-order valence-electron chi connectivity index (χ3n) is 4.81. The van der Waals surface area contributed by atoms with Crippen LogP contribution in [0.5, 0.6) is 5.88 Å². The summed E-state index contributed by atoms with van der Waals surface area (Å²) < 4.78 is 8.97. The molecule has 2 amide bonds. The first-order chi connectivity index (χ1) is 11.6. The van der Waals surface area contributed by atoms with Crippen LogP contribution < -0.4 is 15.4 Å². The number of amides is 2. The van der Waals surface area contributed by atoms with Crippen LogP contribution in [-0.2, 0) is 4.79 Å². The third kappa shape index (κ3) is 3.87. The van der Waals surface area contributed by atoms with E-state index in [-0.39, 0.29) is 29.8 Å². The smallest absolute Gasteiger partial charge is 0.263 e. The molecule has 8 heteroatoms. The molecule has 3 N–H and O–H groups in total. The van der Waals surface area contributed by atoms with Crippen LogP contribution in [0.4, 0.5) is 0 Å². The van der Waals surface area contributed by atoms with Gasteiger partial charge in [-0.1, -0.05) is 12.8 Å². The molecule has 1 aromatic heterocycles. The van der Waals surface area contributed by atoms with Gasteiger partial charge in [0.15, 0.2) is 0 Å². The van der Waals surface area contributed by atoms with E-state index in [9.17, 15) is 14.7 Å². The summed E-state index contributed by atoms with van der Waals surface area (Å²) in [4.78, 5) is 24.8. The van der Waals surface area contributed by atoms with Gasteiger partial charge in [0.1, 0.15) is 4.88 Å². The maximum absolute atomic E-state index is 12.2. The van der Waals surface area contributed by atoms with Gasteiger partial charge in [0, 0.05) is 18.2 Å². The van der Waals surface area contributed by atoms with Crippen LogP contribution in [-0.4, -0.2) is 46.6 Å². The zero-order chi connectivity index (χ0) is 17.1. The van der Waals surface area contributed by atoms with Crippen molar-refractivity contribution in [2.45, 2.75) is 56.7 Å². The minimum atomic E-state index is -0.518. The van der Waals surface area contributed by atoms with Gasteiger partial charge in [-0.25, -0.2) is 0 Å². The van der Waals surface area contributed by atoms with Gasteiger partial charge in [0.25, 0.3) is 5.91 Å². The van der Waals surface area contributed by atoms with E-state index in [1.807, 2.05) is 0 Å². The zero-order valence-corrected chi connectivity index (χ0v) is 14.5. The van der Waals surface area contributed by atoms with Gasteiger partial charge in [-0.05, 0) is 37.2 Å². The molecule has 1 heterocycles. The summed E-state index contributed by atoms with van der Waals surface area (Å²) in [5.41, 5.74) is 0. The number of methoxy groups -OCH3 is 1. The van der Waals surface area contributed by atoms with Crippen LogP contribution in [0.3, 0.4) is 0 Å². The number of carbonyl (C=O) groups excluding carboxylic acids is 2. The lowest BCUT2D eigenvalue weighted by molar-refractivity contribution is -0.131. The average molecular weight is 353 g/mol. The molecule has 0 radical (unpaired) electrons. The van der Waals surface area contributed by atoms with Gasteiger partial charge in [-0.15, -0.1) is 0 Å². The molecule has 24 heavy (non-hydrogen) atoms. The van der Waals surface area contributed by atoms with Gasteiger partial charge < -0.3 is 20.5 Å². The lowest BCUT2D eigenvalue weighted by atomic mass is 9.83. The predicted octanol–water partition coefficient (Wildman–Crippen LogP) is 1.08. The monoisotopic (exact) mass is 353 g/mol. The van der Waals surface area contributed by atoms with Crippen LogP contribution >= 0.6 is 11.5 Å². The molecule has 2 saturated carbocycles. The molecular formula is C16H23N3O4S. The Morgan fingerprint density at radius 1 is 1.25 bits per heavy atom. The number of hydrogen-bond donors (Lipinski definition) is 3. The molecule has 0 aliphatic heterocycles. The molecule has 2 aliphatic carbocycles. The van der Waals surface area contributed by atoms with Crippen molar-refractivity contribution in [1.82, 2.24) is 15.0 Å². The second kappa shape index (κ2) is 7.48. The quantitative estimate of drug-likeness (QED) is 0.735. The van der Waals surface area contributed by atoms with Crippen molar-refractivity contribution < 1.29 is 19.4 Å². The summed E-state index contributed by atoms with van der Waals surface area (Å²) in [6.07, 6.45) is 4.37. The number of aliphatic hydroxyl groups is 1. The van der Waals surface area contributed by atoms with Crippen molar-refractivity contribution in [1.29, 1.82) is 0 Å². The Hall–Kier alpha value is -1.67. The molecule has 7 nitrogen and oxygen atoms in total. The molecule has 0 spiro atoms. The summed E-state index contributed by atoms with van der Waals surface area (Å²) >= 11 is 1.10. The fourth-order valence-electron chi connectivity index (χ4n) is 3.30. The SMILES string of the molecule is COc1cc(C(=O)NC2CC(NC(=O)[C@@H]3CCCC[C@H]3O)C2)sn1. The van der Waals surface area contributed by atoms with E-state index in [0.717, 1.165) is 43.6 Å². The number of aromatic nitrogens is 1. The molecule has 0 unspecified atom stereocenters. The van der Waals surface area contributed by atoms with Gasteiger partial charge in [0.2, 0.25) is 11.8 Å². The molecule has 0 saturated heterocycles. The van der Waals surface area contributed by atoms with E-state index >= 15 is 0 Å². The number of aliphatic hydroxyl groups excluding tert-OH is 1. The first kappa shape index (κ1) is 17.2. The second-order valence-corrected chi connectivity index (χ2v) is 7.34. The van der Waals surface area contributed by atoms with E-state index in [1.165, 1.54) is 7.11 Å². The van der Waals surface area contributed by atoms with E-state index < -0.39 is 6.10 Å². The van der Waals surface area contributed by atoms with Crippen molar-refractivity contribution in [3.63, 3.8) is 0 Å². The Morgan fingerprint density at radius 2 is 1.96 bits per heavy atom. The summed E-state index contributed by atoms with van der Waals surface area (Å²) in [7, 11) is 1.51. The highest BCUT2D eigenvalue weighted by molar-refractivity contribution is 7.08. The van der Waals surface area contributed by atoms with E-state index in [0.29, 0.717) is 17.2 Å². The number of nitrogens with one attached hydrogen (secondary N) is 2. The van der Waals surface area contributed by atoms with Crippen molar-refractivity contribution in [3.05, 3.63) is 10.9 Å². The Kier molecular flexibility index (Phi) is 5.35. The number of rotatable bonds is 5. The Morgan fingerprint density at radius 3 is 2.62 bits per heavy atom. The summed E-state index contributed by atoms with van der Waals surface area (Å²) in [5, 5.41) is 15.9. The summed E-state index contributed by atoms with van der Waals surface area (Å²) in [6, 6.07) is 1.75. The number of ether oxygens (including phenoxy) is 1. The van der Waals surface area contributed by atoms with Crippen molar-refractivity contribution in [2.75, 3.05) is 7.11 Å². The highest BCUT2D eigenvalue weighted by Gasteiger charge is 2.35. The molecule has 0 bridgehead atoms. The highest BCUT2D eigenvalue weighted by Crippen LogP contribution is 2.27. The molecule has 1 aromatic rings. The van der Waals surface area contributed by atoms with Crippen LogP contribution in [0.1, 0.15) is 48.2 Å². The van der Waals surface area contributed by atoms with Gasteiger partial charge in [0.05, 0.1) is 19.1 Å². The number of hydrogen-bond acceptors (Lipinski definition) is 6. The van der Waals surface area contributed by atoms with Crippen molar-refractivity contribution in [2.24, 2.45) is 5.92 Å². The van der Waals surface area contributed by atoms with Crippen molar-refractivity contribution in [3.8, 4) is 5.88 Å². The maximum Gasteiger partial charge on any atom is 0.263 e. The van der Waals surface area contributed by atoms with Crippen molar-refractivity contribution >= 4 is 23.3 Å². The average Bonchev–Trinajstić information content (AvgIpc) is 3.02. The van der Waals surface area contributed by atoms with Gasteiger partial charge in [-0.3, -0.25) is 9.59 Å². The molecule has 3 rings (SSSR count). The zero-order valence-electron chi connectivity index (χ0n) is 13.7. The fourth-order valence-corrected chi connectivity index (χ4v) is 3.91. The number of nitrogens with zero attached hydrogens (tertiary/aromatic N) is 1. The normalized spacial score (nSPS) is 29.4. The van der Waals surface area contributed by atoms with E-state index in [1.54, 1.807) is 6.07 Å². The molecule has 2 atom stereocenters. The fraction of sp³-hybridized carbons (Fsp3) is 0.688. The third-order valence-corrected chi connectivity index (χ3v) is 5.58. The van der Waals surface area contributed by atoms with Crippen LogP contribution in [0.15, 0.2) is 6.07 Å². The van der Waals surface area contributed by atoms with E-state index in [2.05, 4.69) is 15.0 Å². The van der Waals surface area contributed by atoms with Gasteiger partial charge >= 0.3 is 0 Å². The second-order valence-electron chi connectivity index (χ2n) is 6.54. The lowest BCUT2D eigenvalue weighted by Crippen LogP contribution is -2.55. The maximum atomic E-state index is 12.2. The number of carbonyl (C=O) groups is 2. The largest absolute Gasteiger partial charge is 0.480 e. The molecule has 132 valence electrons. The van der Waals surface area contributed by atoms with Crippen LogP contribution in [0.2, 0.25) is 0 Å². The Bertz CT molecular complexity index is 600. The minimum Gasteiger partial charge on any atom is -0.480 e. The lowest BCUT2D eigenvalue weighted by Gasteiger charge is -2.37. The first-order valence-electron chi connectivity index (χ1n) is 8.37. The standard InChI is InChI=1S/C16H23N3O4S/c1-23-14-8-13(24-19-14)16(22)18-10-6-9(7-10)17-15(21)11-4-2-3-5-12(11)20/h8-12,20H,2-7H2,1H3,(H,17,21)(H,18,22)/t9?,10?,11-,12-/m1/s1. The first-order valence-corrected chi connectivity index (χ1v) is 9.14. The van der Waals surface area contributed by atoms with E-state index in [4.69, 9.17) is 4.74 Å². The van der Waals surface area contributed by atoms with Crippen LogP contribution in [0.25, 0.3) is 0 Å². The topological polar surface area (TPSA) is 101 Å². The highest BCUT2D eigenvalue weighted by atomic mass is 32.1. The molecular weight excluding hydrogens is 330 g/mol. The van der Waals surface area contributed by atoms with Gasteiger partial charge in [-0.2, -0.15) is 4.37 Å². The molecule has 2 aliphatic rings. The Labute approximate surface area is 144 Å². The molecule has 0 aromatic carbocycles. The summed E-state index contributed by atoms with van der Waals surface area (Å²) in [6.45, 7) is 0. The Balaban J connectivity index is 1.40. The predicted molar refractivity (Wildman–Crippen MR) is 89.0 cm³/mol. The summed E-state index contributed by atoms with van der Waals surface area (Å²) in [5.74, 6) is -0.0514. The minimum absolute atomic E-state index is 0.0517.